The second-order valence-electron chi connectivity index (χ2n) is 16.7. The number of ether oxygens (including phenoxy) is 2. The fourth-order valence-electron chi connectivity index (χ4n) is 8.63. The zero-order chi connectivity index (χ0) is 48.8. The molecule has 0 saturated heterocycles. The average Bonchev–Trinajstić information content (AvgIpc) is 4.19. The smallest absolute Gasteiger partial charge is 0.405 e. The fourth-order valence-corrected chi connectivity index (χ4v) is 32.2. The third-order valence-electron chi connectivity index (χ3n) is 12.0. The molecule has 0 amide bonds. The van der Waals surface area contributed by atoms with Crippen molar-refractivity contribution in [2.45, 2.75) is 92.3 Å². The molecular weight excluding hydrogens is 1090 g/mol. The summed E-state index contributed by atoms with van der Waals surface area (Å²) in [5.74, 6) is -0.355. The molecule has 4 aromatic carbocycles. The Kier molecular flexibility index (Phi) is 16.5. The van der Waals surface area contributed by atoms with E-state index in [0.29, 0.717) is 27.2 Å². The summed E-state index contributed by atoms with van der Waals surface area (Å²) >= 11 is 4.41. The van der Waals surface area contributed by atoms with Crippen LogP contribution in [0.4, 0.5) is 37.7 Å². The van der Waals surface area contributed by atoms with Crippen LogP contribution in [-0.2, 0) is 11.4 Å². The maximum absolute atomic E-state index is 13.0. The molecule has 1 aliphatic rings. The number of hydrogen-bond acceptors (Lipinski definition) is 10. The minimum absolute atomic E-state index is 0.107. The summed E-state index contributed by atoms with van der Waals surface area (Å²) in [7, 11) is 0. The van der Waals surface area contributed by atoms with E-state index in [9.17, 15) is 26.3 Å². The van der Waals surface area contributed by atoms with Crippen LogP contribution in [0, 0.1) is 6.92 Å². The maximum Gasteiger partial charge on any atom is 0.573 e. The number of benzene rings is 4. The zero-order valence-corrected chi connectivity index (χ0v) is 45.1. The standard InChI is InChI=1S/C28H15F3N4OS4.C11H6F3OS.3C4H9.Sn/c1-14-6-2-3-7-15(14)18-10-12-20(37-18)22-24-26(34-39-32-24)23(27-25(22)33-40-35-27)21-13-11-19(38-21)16-8-4-5-9-17(16)36-28(29,30)31;12-11(13,14)15-9-5-2-1-4-8(9)10-6-3-7-16-10;3*1-3-4-2;/h2-13H,1H3;1-6H;3*1,3-4H2,2H3;. The van der Waals surface area contributed by atoms with Crippen molar-refractivity contribution in [1.29, 1.82) is 0 Å². The van der Waals surface area contributed by atoms with E-state index >= 15 is 0 Å². The Labute approximate surface area is 421 Å². The maximum atomic E-state index is 13.0. The monoisotopic (exact) mass is 1140 g/mol. The SMILES string of the molecule is CCC[CH2][Sn]([CH2]CCC)([CH2]CCC)[c]1ccc(-c2ccccc2OC(F)(F)F)s1.Cc1ccccc1-c1ccc(-c2c3c(c(-c4ccc(-c5ccccc5OC(F)(F)F)s4)c4nsnc24)N=S=N3)s1. The minimum Gasteiger partial charge on any atom is -0.405 e. The summed E-state index contributed by atoms with van der Waals surface area (Å²) in [6.07, 6.45) is -2.04. The molecule has 0 N–H and O–H groups in total. The van der Waals surface area contributed by atoms with Crippen LogP contribution in [0.3, 0.4) is 0 Å². The molecule has 4 aromatic heterocycles. The number of aromatic nitrogens is 2. The van der Waals surface area contributed by atoms with Crippen molar-refractivity contribution in [2.75, 3.05) is 0 Å². The summed E-state index contributed by atoms with van der Waals surface area (Å²) < 4.78 is 110. The van der Waals surface area contributed by atoms with Gasteiger partial charge in [0.05, 0.1) is 23.1 Å². The van der Waals surface area contributed by atoms with Gasteiger partial charge < -0.3 is 4.74 Å². The summed E-state index contributed by atoms with van der Waals surface area (Å²) in [4.78, 5) is 4.50. The number of para-hydroxylation sites is 2. The van der Waals surface area contributed by atoms with Gasteiger partial charge in [-0.25, -0.2) is 0 Å². The summed E-state index contributed by atoms with van der Waals surface area (Å²) in [6.45, 7) is 8.85. The van der Waals surface area contributed by atoms with E-state index in [4.69, 9.17) is 0 Å². The molecule has 0 atom stereocenters. The molecule has 0 fully saturated rings. The Hall–Kier alpha value is -4.40. The predicted octanol–water partition coefficient (Wildman–Crippen LogP) is 18.8. The van der Waals surface area contributed by atoms with Gasteiger partial charge in [-0.05, 0) is 54.4 Å². The van der Waals surface area contributed by atoms with E-state index in [1.54, 1.807) is 59.1 Å². The first-order valence-corrected chi connectivity index (χ1v) is 34.1. The van der Waals surface area contributed by atoms with Gasteiger partial charge in [0.2, 0.25) is 0 Å². The molecule has 18 heteroatoms. The summed E-state index contributed by atoms with van der Waals surface area (Å²) in [5.41, 5.74) is 7.79. The number of unbranched alkanes of at least 4 members (excludes halogenated alkanes) is 3. The Morgan fingerprint density at radius 3 is 1.36 bits per heavy atom. The van der Waals surface area contributed by atoms with Crippen molar-refractivity contribution < 1.29 is 35.8 Å². The van der Waals surface area contributed by atoms with Crippen LogP contribution in [-0.4, -0.2) is 39.8 Å². The first-order chi connectivity index (χ1) is 33.2. The molecule has 5 heterocycles. The topological polar surface area (TPSA) is 69.0 Å². The van der Waals surface area contributed by atoms with Gasteiger partial charge in [-0.15, -0.1) is 35.8 Å². The molecule has 360 valence electrons. The van der Waals surface area contributed by atoms with Crippen molar-refractivity contribution in [2.24, 2.45) is 8.73 Å². The number of hydrogen-bond donors (Lipinski definition) is 0. The van der Waals surface area contributed by atoms with Crippen molar-refractivity contribution >= 4 is 101 Å². The Bertz CT molecular complexity index is 3090. The van der Waals surface area contributed by atoms with Gasteiger partial charge in [0.15, 0.2) is 0 Å². The Balaban J connectivity index is 0.000000197. The van der Waals surface area contributed by atoms with Crippen LogP contribution in [0.15, 0.2) is 118 Å². The molecule has 1 aliphatic heterocycles. The van der Waals surface area contributed by atoms with Crippen molar-refractivity contribution in [1.82, 2.24) is 8.75 Å². The largest absolute Gasteiger partial charge is 0.573 e. The second kappa shape index (κ2) is 22.3. The first kappa shape index (κ1) is 51.0. The molecule has 0 unspecified atom stereocenters. The normalized spacial score (nSPS) is 12.5. The van der Waals surface area contributed by atoms with Crippen LogP contribution in [0.1, 0.15) is 64.9 Å². The summed E-state index contributed by atoms with van der Waals surface area (Å²) in [6, 6.07) is 33.0. The van der Waals surface area contributed by atoms with Crippen LogP contribution >= 0.6 is 45.7 Å². The van der Waals surface area contributed by atoms with E-state index in [1.807, 2.05) is 24.3 Å². The molecule has 69 heavy (non-hydrogen) atoms. The van der Waals surface area contributed by atoms with Crippen molar-refractivity contribution in [3.05, 3.63) is 115 Å². The van der Waals surface area contributed by atoms with Crippen molar-refractivity contribution in [3.8, 4) is 63.7 Å². The summed E-state index contributed by atoms with van der Waals surface area (Å²) in [5, 5.41) is 0. The van der Waals surface area contributed by atoms with Gasteiger partial charge in [0.1, 0.15) is 28.2 Å². The Morgan fingerprint density at radius 2 is 0.899 bits per heavy atom. The average molecular weight is 1140 g/mol. The van der Waals surface area contributed by atoms with Crippen LogP contribution in [0.2, 0.25) is 13.3 Å². The minimum atomic E-state index is -4.79. The van der Waals surface area contributed by atoms with Gasteiger partial charge in [-0.1, -0.05) is 36.4 Å². The van der Waals surface area contributed by atoms with Gasteiger partial charge in [-0.2, -0.15) is 17.5 Å². The molecular formula is C51H48F6N4O2S5Sn. The molecule has 0 saturated carbocycles. The van der Waals surface area contributed by atoms with E-state index < -0.39 is 31.1 Å². The van der Waals surface area contributed by atoms with E-state index in [-0.39, 0.29) is 11.5 Å². The van der Waals surface area contributed by atoms with Crippen LogP contribution in [0.5, 0.6) is 11.5 Å². The molecule has 0 spiro atoms. The van der Waals surface area contributed by atoms with E-state index in [2.05, 4.69) is 85.0 Å². The number of nitrogens with zero attached hydrogens (tertiary/aromatic N) is 4. The third-order valence-corrected chi connectivity index (χ3v) is 34.7. The molecule has 0 bridgehead atoms. The van der Waals surface area contributed by atoms with Gasteiger partial charge in [0.25, 0.3) is 0 Å². The van der Waals surface area contributed by atoms with E-state index in [0.717, 1.165) is 64.9 Å². The second-order valence-corrected chi connectivity index (χ2v) is 35.1. The fraction of sp³-hybridized carbons (Fsp3) is 0.294. The predicted molar refractivity (Wildman–Crippen MR) is 279 cm³/mol. The van der Waals surface area contributed by atoms with Gasteiger partial charge >= 0.3 is 188 Å². The number of aryl methyl sites for hydroxylation is 1. The van der Waals surface area contributed by atoms with E-state index in [1.165, 1.54) is 95.4 Å². The number of alkyl halides is 6. The number of fused-ring (bicyclic) bond motifs is 2. The Morgan fingerprint density at radius 1 is 0.493 bits per heavy atom. The number of rotatable bonds is 17. The van der Waals surface area contributed by atoms with Crippen LogP contribution < -0.4 is 12.4 Å². The molecule has 6 nitrogen and oxygen atoms in total. The molecule has 9 rings (SSSR count). The molecule has 0 aliphatic carbocycles. The van der Waals surface area contributed by atoms with Gasteiger partial charge in [0, 0.05) is 36.2 Å². The first-order valence-electron chi connectivity index (χ1n) is 22.7. The van der Waals surface area contributed by atoms with Crippen LogP contribution in [0.25, 0.3) is 63.2 Å². The van der Waals surface area contributed by atoms with Gasteiger partial charge in [-0.3, -0.25) is 0 Å². The van der Waals surface area contributed by atoms with Crippen molar-refractivity contribution in [3.63, 3.8) is 0 Å². The quantitative estimate of drug-likeness (QED) is 0.0673. The number of halogens is 6. The molecule has 0 radical (unpaired) electrons. The zero-order valence-electron chi connectivity index (χ0n) is 38.2. The third kappa shape index (κ3) is 11.9. The number of thiophene rings is 3. The molecule has 8 aromatic rings.